The second kappa shape index (κ2) is 56.5. The van der Waals surface area contributed by atoms with Crippen LogP contribution in [0.4, 0.5) is 0 Å². The van der Waals surface area contributed by atoms with Gasteiger partial charge in [0.1, 0.15) is 0 Å². The standard InChI is InChI=1S/C2H4O2.La.5H2O/c1-2(3)4;;;;;;/h1H3,(H,3,4);;5*1H2. The molecule has 0 saturated carbocycles. The zero-order chi connectivity index (χ0) is 3.58. The Labute approximate surface area is 85.6 Å². The molecule has 0 atom stereocenters. The summed E-state index contributed by atoms with van der Waals surface area (Å²) in [4.78, 5) is 9.00. The fourth-order valence-electron chi connectivity index (χ4n) is 0. The van der Waals surface area contributed by atoms with Gasteiger partial charge in [-0.3, -0.25) is 4.79 Å². The van der Waals surface area contributed by atoms with E-state index in [4.69, 9.17) is 9.90 Å². The number of hydrogen-bond donors (Lipinski definition) is 1. The molecule has 0 rings (SSSR count). The van der Waals surface area contributed by atoms with Crippen LogP contribution < -0.4 is 0 Å². The molecule has 0 amide bonds. The average molecular weight is 289 g/mol. The van der Waals surface area contributed by atoms with Crippen LogP contribution >= 0.6 is 0 Å². The Morgan fingerprint density at radius 1 is 1.00 bits per heavy atom. The third-order valence-electron chi connectivity index (χ3n) is 0. The topological polar surface area (TPSA) is 195 Å². The smallest absolute Gasteiger partial charge is 0.300 e. The number of carboxylic acids is 1. The molecule has 1 radical (unpaired) electrons. The van der Waals surface area contributed by atoms with Gasteiger partial charge in [-0.15, -0.1) is 0 Å². The maximum atomic E-state index is 9.00. The van der Waals surface area contributed by atoms with Crippen LogP contribution in [0, 0.1) is 35.6 Å². The summed E-state index contributed by atoms with van der Waals surface area (Å²) in [7, 11) is 0. The number of aliphatic carboxylic acids is 1. The Hall–Kier alpha value is 0.465. The fraction of sp³-hybridized carbons (Fsp3) is 0.500. The Morgan fingerprint density at radius 2 is 1.00 bits per heavy atom. The molecule has 0 aromatic carbocycles. The van der Waals surface area contributed by atoms with Crippen LogP contribution in [0.2, 0.25) is 0 Å². The van der Waals surface area contributed by atoms with E-state index in [2.05, 4.69) is 0 Å². The number of carboxylic acid groups (broad SMARTS) is 1. The molecule has 0 saturated heterocycles. The maximum absolute atomic E-state index is 9.00. The molecule has 0 aliphatic heterocycles. The van der Waals surface area contributed by atoms with Crippen LogP contribution in [-0.4, -0.2) is 38.5 Å². The summed E-state index contributed by atoms with van der Waals surface area (Å²) in [5.74, 6) is -0.833. The zero-order valence-corrected chi connectivity index (χ0v) is 9.06. The van der Waals surface area contributed by atoms with Gasteiger partial charge in [0.15, 0.2) is 0 Å². The minimum absolute atomic E-state index is 0. The van der Waals surface area contributed by atoms with Crippen LogP contribution in [0.25, 0.3) is 0 Å². The van der Waals surface area contributed by atoms with Gasteiger partial charge in [0.05, 0.1) is 0 Å². The van der Waals surface area contributed by atoms with Gasteiger partial charge in [-0.25, -0.2) is 0 Å². The Morgan fingerprint density at radius 3 is 1.00 bits per heavy atom. The molecule has 10 heavy (non-hydrogen) atoms. The second-order valence-corrected chi connectivity index (χ2v) is 0.519. The Bertz CT molecular complexity index is 34.6. The molecule has 0 aromatic rings. The molecule has 0 unspecified atom stereocenters. The van der Waals surface area contributed by atoms with Gasteiger partial charge in [0.25, 0.3) is 5.97 Å². The molecule has 0 spiro atoms. The van der Waals surface area contributed by atoms with Crippen LogP contribution in [0.1, 0.15) is 6.92 Å². The molecule has 0 aromatic heterocycles. The van der Waals surface area contributed by atoms with Crippen molar-refractivity contribution in [1.29, 1.82) is 0 Å². The van der Waals surface area contributed by atoms with E-state index in [1.54, 1.807) is 0 Å². The van der Waals surface area contributed by atoms with E-state index in [0.29, 0.717) is 0 Å². The first-order chi connectivity index (χ1) is 1.73. The first-order valence-electron chi connectivity index (χ1n) is 0.928. The summed E-state index contributed by atoms with van der Waals surface area (Å²) < 4.78 is 0. The predicted octanol–water partition coefficient (Wildman–Crippen LogP) is -4.03. The quantitative estimate of drug-likeness (QED) is 0.474. The van der Waals surface area contributed by atoms with Crippen LogP contribution in [-0.2, 0) is 4.79 Å². The van der Waals surface area contributed by atoms with Crippen molar-refractivity contribution in [3.8, 4) is 0 Å². The zero-order valence-electron chi connectivity index (χ0n) is 5.43. The molecule has 0 bridgehead atoms. The fourth-order valence-corrected chi connectivity index (χ4v) is 0. The van der Waals surface area contributed by atoms with Gasteiger partial charge in [-0.1, -0.05) is 0 Å². The first kappa shape index (κ1) is 78.1. The number of hydrogen-bond acceptors (Lipinski definition) is 1. The van der Waals surface area contributed by atoms with Crippen LogP contribution in [0.15, 0.2) is 0 Å². The van der Waals surface area contributed by atoms with Crippen molar-refractivity contribution in [2.75, 3.05) is 0 Å². The van der Waals surface area contributed by atoms with Gasteiger partial charge in [-0.2, -0.15) is 0 Å². The Balaban J connectivity index is -0.00000000300. The molecular formula is C2H14LaO7. The van der Waals surface area contributed by atoms with E-state index in [9.17, 15) is 0 Å². The predicted molar refractivity (Wildman–Crippen MR) is 31.4 cm³/mol. The van der Waals surface area contributed by atoms with Gasteiger partial charge in [0.2, 0.25) is 0 Å². The molecule has 0 aliphatic rings. The van der Waals surface area contributed by atoms with Gasteiger partial charge in [-0.05, 0) is 0 Å². The molecule has 8 heteroatoms. The number of rotatable bonds is 0. The third kappa shape index (κ3) is 2180. The maximum Gasteiger partial charge on any atom is 0.300 e. The van der Waals surface area contributed by atoms with E-state index in [-0.39, 0.29) is 63.0 Å². The van der Waals surface area contributed by atoms with E-state index in [1.165, 1.54) is 0 Å². The minimum Gasteiger partial charge on any atom is -0.481 e. The summed E-state index contributed by atoms with van der Waals surface area (Å²) in [5, 5.41) is 7.42. The van der Waals surface area contributed by atoms with E-state index < -0.39 is 5.97 Å². The minimum atomic E-state index is -0.833. The molecule has 11 N–H and O–H groups in total. The molecule has 67 valence electrons. The summed E-state index contributed by atoms with van der Waals surface area (Å²) in [6, 6.07) is 0. The Kier molecular flexibility index (Phi) is 441. The molecule has 7 nitrogen and oxygen atoms in total. The van der Waals surface area contributed by atoms with Gasteiger partial charge in [0, 0.05) is 42.5 Å². The summed E-state index contributed by atoms with van der Waals surface area (Å²) in [5.41, 5.74) is 0. The van der Waals surface area contributed by atoms with Crippen molar-refractivity contribution in [2.45, 2.75) is 6.92 Å². The van der Waals surface area contributed by atoms with Crippen molar-refractivity contribution < 1.29 is 72.9 Å². The molecular weight excluding hydrogens is 275 g/mol. The third-order valence-corrected chi connectivity index (χ3v) is 0. The monoisotopic (exact) mass is 289 g/mol. The van der Waals surface area contributed by atoms with E-state index in [1.807, 2.05) is 0 Å². The van der Waals surface area contributed by atoms with Gasteiger partial charge >= 0.3 is 0 Å². The van der Waals surface area contributed by atoms with E-state index >= 15 is 0 Å². The van der Waals surface area contributed by atoms with Crippen molar-refractivity contribution in [3.05, 3.63) is 0 Å². The summed E-state index contributed by atoms with van der Waals surface area (Å²) in [6.07, 6.45) is 0. The van der Waals surface area contributed by atoms with E-state index in [0.717, 1.165) is 6.92 Å². The summed E-state index contributed by atoms with van der Waals surface area (Å²) >= 11 is 0. The molecule has 0 heterocycles. The van der Waals surface area contributed by atoms with Crippen molar-refractivity contribution in [1.82, 2.24) is 0 Å². The van der Waals surface area contributed by atoms with Crippen molar-refractivity contribution in [3.63, 3.8) is 0 Å². The van der Waals surface area contributed by atoms with Crippen molar-refractivity contribution in [2.24, 2.45) is 0 Å². The SMILES string of the molecule is CC(=O)O.O.O.O.O.O.[La]. The van der Waals surface area contributed by atoms with Crippen LogP contribution in [0.3, 0.4) is 0 Å². The first-order valence-corrected chi connectivity index (χ1v) is 0.928. The second-order valence-electron chi connectivity index (χ2n) is 0.519. The molecule has 0 aliphatic carbocycles. The summed E-state index contributed by atoms with van der Waals surface area (Å²) in [6.45, 7) is 1.08. The average Bonchev–Trinajstić information content (AvgIpc) is 0.811. The normalized spacial score (nSPS) is 2.50. The number of carbonyl (C=O) groups is 1. The molecule has 0 fully saturated rings. The van der Waals surface area contributed by atoms with Gasteiger partial charge < -0.3 is 32.5 Å². The van der Waals surface area contributed by atoms with Crippen LogP contribution in [0.5, 0.6) is 0 Å². The largest absolute Gasteiger partial charge is 0.481 e. The van der Waals surface area contributed by atoms with Crippen molar-refractivity contribution >= 4 is 5.97 Å².